The van der Waals surface area contributed by atoms with Crippen molar-refractivity contribution in [1.82, 2.24) is 0 Å². The van der Waals surface area contributed by atoms with E-state index >= 15 is 0 Å². The van der Waals surface area contributed by atoms with E-state index in [4.69, 9.17) is 9.90 Å². The molecule has 0 bridgehead atoms. The van der Waals surface area contributed by atoms with Crippen LogP contribution >= 0.6 is 0 Å². The second-order valence-corrected chi connectivity index (χ2v) is 0.519. The second kappa shape index (κ2) is 15.7. The fourth-order valence-corrected chi connectivity index (χ4v) is 0. The third-order valence-electron chi connectivity index (χ3n) is 0. The molecule has 0 aromatic rings. The summed E-state index contributed by atoms with van der Waals surface area (Å²) in [7, 11) is 0. The molecule has 0 heterocycles. The molecule has 0 saturated heterocycles. The topological polar surface area (TPSA) is 37.3 Å². The molecule has 0 fully saturated rings. The van der Waals surface area contributed by atoms with Crippen LogP contribution < -0.4 is 29.6 Å². The first-order valence-electron chi connectivity index (χ1n) is 0.928. The van der Waals surface area contributed by atoms with E-state index in [1.165, 1.54) is 0 Å². The van der Waals surface area contributed by atoms with E-state index in [1.807, 2.05) is 0 Å². The Morgan fingerprint density at radius 3 is 1.71 bits per heavy atom. The molecule has 0 aliphatic heterocycles. The van der Waals surface area contributed by atoms with E-state index in [0.717, 1.165) is 6.92 Å². The summed E-state index contributed by atoms with van der Waals surface area (Å²) in [4.78, 5) is 9.00. The number of carboxylic acids is 1. The molecule has 2 radical (unpaired) electrons. The number of carbonyl (C=O) groups is 1. The molecule has 7 heavy (non-hydrogen) atoms. The summed E-state index contributed by atoms with van der Waals surface area (Å²) in [6.45, 7) is 1.08. The third-order valence-corrected chi connectivity index (χ3v) is 0. The average molecular weight is 231 g/mol. The fraction of sp³-hybridized carbons (Fsp3) is 0.500. The number of carboxylic acid groups (broad SMARTS) is 1. The van der Waals surface area contributed by atoms with Gasteiger partial charge in [-0.2, -0.15) is 0 Å². The summed E-state index contributed by atoms with van der Waals surface area (Å²) in [5.74, 6) is -0.833. The van der Waals surface area contributed by atoms with Gasteiger partial charge in [0.2, 0.25) is 0 Å². The number of aliphatic carboxylic acids is 1. The molecule has 2 nitrogen and oxygen atoms in total. The quantitative estimate of drug-likeness (QED) is 0.433. The van der Waals surface area contributed by atoms with E-state index in [9.17, 15) is 0 Å². The fourth-order valence-electron chi connectivity index (χ4n) is 0. The number of hydrogen-bond donors (Lipinski definition) is 1. The van der Waals surface area contributed by atoms with Gasteiger partial charge in [-0.15, -0.1) is 0 Å². The Kier molecular flexibility index (Phi) is 51.6. The predicted octanol–water partition coefficient (Wildman–Crippen LogP) is -3.86. The molecule has 0 saturated carbocycles. The first-order chi connectivity index (χ1) is 1.73. The Labute approximate surface area is 102 Å². The molecule has 1 N–H and O–H groups in total. The Bertz CT molecular complexity index is 47.5. The first-order valence-corrected chi connectivity index (χ1v) is 0.928. The molecule has 5 heteroatoms. The van der Waals surface area contributed by atoms with E-state index in [0.29, 0.717) is 0 Å². The van der Waals surface area contributed by atoms with Crippen LogP contribution in [0.3, 0.4) is 0 Å². The molecule has 0 rings (SSSR count). The van der Waals surface area contributed by atoms with Gasteiger partial charge in [0.1, 0.15) is 0 Å². The van der Waals surface area contributed by atoms with Gasteiger partial charge in [0.25, 0.3) is 5.97 Å². The average Bonchev–Trinajstić information content (AvgIpc) is 0.811. The summed E-state index contributed by atoms with van der Waals surface area (Å²) >= 11 is 0. The van der Waals surface area contributed by atoms with Crippen molar-refractivity contribution in [3.63, 3.8) is 0 Å². The number of hydrogen-bond acceptors (Lipinski definition) is 1. The van der Waals surface area contributed by atoms with Crippen molar-refractivity contribution in [3.05, 3.63) is 0 Å². The van der Waals surface area contributed by atoms with Crippen molar-refractivity contribution in [3.8, 4) is 0 Å². The normalized spacial score (nSPS) is 3.57. The predicted molar refractivity (Wildman–Crippen MR) is 30.9 cm³/mol. The standard InChI is InChI=1S/C2H4O2.Mg.Na.Sn.5H/c1-2(3)4;;;;;;;;/h1H3,(H,3,4);;;;;;;;/q;+2;+1;;;;3*-1. The van der Waals surface area contributed by atoms with Crippen molar-refractivity contribution < 1.29 is 43.7 Å². The summed E-state index contributed by atoms with van der Waals surface area (Å²) < 4.78 is 0. The molecule has 36 valence electrons. The molecule has 0 aliphatic rings. The molecule has 0 amide bonds. The Balaban J connectivity index is -0.00000000300. The summed E-state index contributed by atoms with van der Waals surface area (Å²) in [5.41, 5.74) is 0. The SMILES string of the molecule is CC(=O)O.[H-].[H-].[H-].[Mg+2].[Na+].[SnH2]. The minimum absolute atomic E-state index is 0. The van der Waals surface area contributed by atoms with E-state index in [2.05, 4.69) is 0 Å². The van der Waals surface area contributed by atoms with Gasteiger partial charge < -0.3 is 9.39 Å². The van der Waals surface area contributed by atoms with Crippen LogP contribution in [0.15, 0.2) is 0 Å². The van der Waals surface area contributed by atoms with Gasteiger partial charge in [0.15, 0.2) is 0 Å². The van der Waals surface area contributed by atoms with Crippen LogP contribution in [0, 0.1) is 0 Å². The zero-order valence-corrected chi connectivity index (χ0v) is 12.2. The molecule has 0 spiro atoms. The zero-order valence-electron chi connectivity index (χ0n) is 7.77. The molecule has 0 aromatic heterocycles. The monoisotopic (exact) mass is 232 g/mol. The van der Waals surface area contributed by atoms with Gasteiger partial charge in [0, 0.05) is 6.92 Å². The molecule has 0 atom stereocenters. The van der Waals surface area contributed by atoms with Gasteiger partial charge >= 0.3 is 76.5 Å². The van der Waals surface area contributed by atoms with Crippen LogP contribution in [0.25, 0.3) is 0 Å². The van der Waals surface area contributed by atoms with E-state index in [-0.39, 0.29) is 80.8 Å². The van der Waals surface area contributed by atoms with Crippen LogP contribution in [0.5, 0.6) is 0 Å². The first kappa shape index (κ1) is 23.0. The van der Waals surface area contributed by atoms with E-state index < -0.39 is 5.97 Å². The zero-order chi connectivity index (χ0) is 3.58. The molecule has 0 aliphatic carbocycles. The van der Waals surface area contributed by atoms with E-state index in [1.54, 1.807) is 0 Å². The number of rotatable bonds is 0. The van der Waals surface area contributed by atoms with Gasteiger partial charge in [-0.3, -0.25) is 4.79 Å². The van der Waals surface area contributed by atoms with Crippen LogP contribution in [0.2, 0.25) is 0 Å². The van der Waals surface area contributed by atoms with Crippen molar-refractivity contribution in [2.45, 2.75) is 6.92 Å². The van der Waals surface area contributed by atoms with Crippen molar-refractivity contribution >= 4 is 52.9 Å². The van der Waals surface area contributed by atoms with Gasteiger partial charge in [0.05, 0.1) is 0 Å². The van der Waals surface area contributed by atoms with Gasteiger partial charge in [-0.1, -0.05) is 0 Å². The van der Waals surface area contributed by atoms with Crippen molar-refractivity contribution in [1.29, 1.82) is 0 Å². The maximum atomic E-state index is 9.00. The minimum atomic E-state index is -0.833. The second-order valence-electron chi connectivity index (χ2n) is 0.519. The van der Waals surface area contributed by atoms with Crippen molar-refractivity contribution in [2.75, 3.05) is 0 Å². The molecular formula is C2H9MgNaO2Sn. The summed E-state index contributed by atoms with van der Waals surface area (Å²) in [6, 6.07) is 0. The van der Waals surface area contributed by atoms with Crippen LogP contribution in [0.1, 0.15) is 11.2 Å². The summed E-state index contributed by atoms with van der Waals surface area (Å²) in [6.07, 6.45) is 0. The van der Waals surface area contributed by atoms with Gasteiger partial charge in [-0.05, 0) is 0 Å². The molecule has 0 unspecified atom stereocenters. The molecule has 0 aromatic carbocycles. The Morgan fingerprint density at radius 2 is 1.71 bits per heavy atom. The van der Waals surface area contributed by atoms with Crippen LogP contribution in [-0.4, -0.2) is 58.0 Å². The Hall–Kier alpha value is 2.03. The Morgan fingerprint density at radius 1 is 1.71 bits per heavy atom. The van der Waals surface area contributed by atoms with Gasteiger partial charge in [-0.25, -0.2) is 0 Å². The van der Waals surface area contributed by atoms with Crippen molar-refractivity contribution in [2.24, 2.45) is 0 Å². The third kappa shape index (κ3) is 70.7. The summed E-state index contributed by atoms with van der Waals surface area (Å²) in [5, 5.41) is 7.42. The maximum absolute atomic E-state index is 9.00. The molecular weight excluding hydrogens is 222 g/mol. The van der Waals surface area contributed by atoms with Crippen LogP contribution in [0.4, 0.5) is 0 Å². The van der Waals surface area contributed by atoms with Crippen LogP contribution in [-0.2, 0) is 4.79 Å².